The molecular weight excluding hydrogens is 240 g/mol. The number of nitrogens with one attached hydrogen (secondary N) is 1. The van der Waals surface area contributed by atoms with Gasteiger partial charge in [0.25, 0.3) is 0 Å². The zero-order chi connectivity index (χ0) is 13.7. The van der Waals surface area contributed by atoms with Crippen LogP contribution in [-0.4, -0.2) is 30.4 Å². The van der Waals surface area contributed by atoms with Gasteiger partial charge in [-0.05, 0) is 18.1 Å². The van der Waals surface area contributed by atoms with Gasteiger partial charge in [0.05, 0.1) is 12.8 Å². The number of aliphatic hydroxyl groups excluding tert-OH is 1. The number of para-hydroxylation sites is 1. The fourth-order valence-electron chi connectivity index (χ4n) is 1.93. The van der Waals surface area contributed by atoms with E-state index in [1.165, 1.54) is 0 Å². The number of nitrogens with zero attached hydrogens (tertiary/aromatic N) is 1. The summed E-state index contributed by atoms with van der Waals surface area (Å²) in [5.74, 6) is 1.05. The molecule has 2 aromatic rings. The van der Waals surface area contributed by atoms with Gasteiger partial charge in [-0.15, -0.1) is 0 Å². The molecular formula is C15H20N2O2. The van der Waals surface area contributed by atoms with Gasteiger partial charge < -0.3 is 15.2 Å². The Labute approximate surface area is 113 Å². The third-order valence-electron chi connectivity index (χ3n) is 3.07. The predicted molar refractivity (Wildman–Crippen MR) is 76.3 cm³/mol. The number of aliphatic hydroxyl groups is 1. The summed E-state index contributed by atoms with van der Waals surface area (Å²) in [5, 5.41) is 13.3. The van der Waals surface area contributed by atoms with Gasteiger partial charge in [-0.2, -0.15) is 0 Å². The third-order valence-corrected chi connectivity index (χ3v) is 3.07. The Balaban J connectivity index is 2.12. The van der Waals surface area contributed by atoms with Crippen molar-refractivity contribution in [2.24, 2.45) is 5.92 Å². The Morgan fingerprint density at radius 1 is 1.32 bits per heavy atom. The number of hydrogen-bond acceptors (Lipinski definition) is 4. The Bertz CT molecular complexity index is 543. The summed E-state index contributed by atoms with van der Waals surface area (Å²) in [6.45, 7) is 3.68. The third kappa shape index (κ3) is 3.43. The summed E-state index contributed by atoms with van der Waals surface area (Å²) < 4.78 is 5.33. The van der Waals surface area contributed by atoms with E-state index in [2.05, 4.69) is 16.4 Å². The minimum atomic E-state index is 0.200. The normalized spacial score (nSPS) is 12.6. The van der Waals surface area contributed by atoms with Gasteiger partial charge in [-0.3, -0.25) is 0 Å². The van der Waals surface area contributed by atoms with Crippen LogP contribution in [0.15, 0.2) is 30.3 Å². The van der Waals surface area contributed by atoms with E-state index in [0.717, 1.165) is 28.9 Å². The van der Waals surface area contributed by atoms with E-state index >= 15 is 0 Å². The van der Waals surface area contributed by atoms with E-state index < -0.39 is 0 Å². The molecule has 19 heavy (non-hydrogen) atoms. The first-order valence-electron chi connectivity index (χ1n) is 6.49. The van der Waals surface area contributed by atoms with Gasteiger partial charge in [0.15, 0.2) is 0 Å². The molecule has 0 radical (unpaired) electrons. The van der Waals surface area contributed by atoms with E-state index in [-0.39, 0.29) is 12.5 Å². The molecule has 1 unspecified atom stereocenters. The number of pyridine rings is 1. The highest BCUT2D eigenvalue weighted by molar-refractivity contribution is 5.84. The smallest absolute Gasteiger partial charge is 0.145 e. The van der Waals surface area contributed by atoms with Gasteiger partial charge in [0.1, 0.15) is 11.3 Å². The largest absolute Gasteiger partial charge is 0.494 e. The lowest BCUT2D eigenvalue weighted by Gasteiger charge is -2.10. The van der Waals surface area contributed by atoms with Crippen LogP contribution in [0.25, 0.3) is 10.9 Å². The maximum absolute atomic E-state index is 8.97. The van der Waals surface area contributed by atoms with Crippen molar-refractivity contribution >= 4 is 10.9 Å². The summed E-state index contributed by atoms with van der Waals surface area (Å²) in [5.41, 5.74) is 1.86. The number of rotatable bonds is 6. The number of fused-ring (bicyclic) bond motifs is 1. The highest BCUT2D eigenvalue weighted by atomic mass is 16.5. The number of benzene rings is 1. The van der Waals surface area contributed by atoms with Crippen LogP contribution in [-0.2, 0) is 6.54 Å². The molecule has 0 saturated heterocycles. The number of methoxy groups -OCH3 is 1. The Morgan fingerprint density at radius 3 is 2.89 bits per heavy atom. The van der Waals surface area contributed by atoms with E-state index in [1.54, 1.807) is 7.11 Å². The molecule has 1 aromatic heterocycles. The molecule has 2 rings (SSSR count). The Kier molecular flexibility index (Phi) is 4.71. The van der Waals surface area contributed by atoms with Crippen LogP contribution in [0.5, 0.6) is 5.75 Å². The predicted octanol–water partition coefficient (Wildman–Crippen LogP) is 1.96. The minimum absolute atomic E-state index is 0.200. The maximum Gasteiger partial charge on any atom is 0.145 e. The molecule has 1 atom stereocenters. The summed E-state index contributed by atoms with van der Waals surface area (Å²) in [6.07, 6.45) is 0. The maximum atomic E-state index is 8.97. The van der Waals surface area contributed by atoms with Crippen molar-refractivity contribution in [1.82, 2.24) is 10.3 Å². The standard InChI is InChI=1S/C15H20N2O2/c1-11(10-18)8-16-9-13-7-6-12-4-3-5-14(19-2)15(12)17-13/h3-7,11,16,18H,8-10H2,1-2H3. The van der Waals surface area contributed by atoms with Crippen molar-refractivity contribution < 1.29 is 9.84 Å². The van der Waals surface area contributed by atoms with Crippen LogP contribution in [0, 0.1) is 5.92 Å². The lowest BCUT2D eigenvalue weighted by Crippen LogP contribution is -2.23. The number of aromatic nitrogens is 1. The zero-order valence-electron chi connectivity index (χ0n) is 11.4. The van der Waals surface area contributed by atoms with Gasteiger partial charge in [-0.1, -0.05) is 25.1 Å². The van der Waals surface area contributed by atoms with Crippen molar-refractivity contribution in [1.29, 1.82) is 0 Å². The van der Waals surface area contributed by atoms with Crippen LogP contribution in [0.1, 0.15) is 12.6 Å². The quantitative estimate of drug-likeness (QED) is 0.833. The van der Waals surface area contributed by atoms with E-state index in [4.69, 9.17) is 9.84 Å². The van der Waals surface area contributed by atoms with E-state index in [1.807, 2.05) is 31.2 Å². The molecule has 4 nitrogen and oxygen atoms in total. The SMILES string of the molecule is COc1cccc2ccc(CNCC(C)CO)nc12. The first-order chi connectivity index (χ1) is 9.24. The fourth-order valence-corrected chi connectivity index (χ4v) is 1.93. The second-order valence-electron chi connectivity index (χ2n) is 4.75. The molecule has 0 amide bonds. The second kappa shape index (κ2) is 6.50. The molecule has 0 saturated carbocycles. The molecule has 1 heterocycles. The lowest BCUT2D eigenvalue weighted by molar-refractivity contribution is 0.233. The van der Waals surface area contributed by atoms with Crippen molar-refractivity contribution in [2.75, 3.05) is 20.3 Å². The summed E-state index contributed by atoms with van der Waals surface area (Å²) in [4.78, 5) is 4.62. The first kappa shape index (κ1) is 13.8. The Hall–Kier alpha value is -1.65. The Morgan fingerprint density at radius 2 is 2.16 bits per heavy atom. The molecule has 0 aliphatic carbocycles. The molecule has 4 heteroatoms. The van der Waals surface area contributed by atoms with Crippen molar-refractivity contribution in [3.8, 4) is 5.75 Å². The fraction of sp³-hybridized carbons (Fsp3) is 0.400. The highest BCUT2D eigenvalue weighted by Crippen LogP contribution is 2.23. The monoisotopic (exact) mass is 260 g/mol. The van der Waals surface area contributed by atoms with Gasteiger partial charge >= 0.3 is 0 Å². The first-order valence-corrected chi connectivity index (χ1v) is 6.49. The molecule has 1 aromatic carbocycles. The molecule has 0 spiro atoms. The van der Waals surface area contributed by atoms with Crippen LogP contribution in [0.4, 0.5) is 0 Å². The molecule has 0 bridgehead atoms. The molecule has 0 fully saturated rings. The van der Waals surface area contributed by atoms with Crippen molar-refractivity contribution in [2.45, 2.75) is 13.5 Å². The lowest BCUT2D eigenvalue weighted by atomic mass is 10.2. The summed E-state index contributed by atoms with van der Waals surface area (Å²) >= 11 is 0. The van der Waals surface area contributed by atoms with Crippen LogP contribution in [0.2, 0.25) is 0 Å². The molecule has 102 valence electrons. The summed E-state index contributed by atoms with van der Waals surface area (Å²) in [6, 6.07) is 9.97. The van der Waals surface area contributed by atoms with Gasteiger partial charge in [0, 0.05) is 25.1 Å². The highest BCUT2D eigenvalue weighted by Gasteiger charge is 2.04. The van der Waals surface area contributed by atoms with E-state index in [9.17, 15) is 0 Å². The molecule has 2 N–H and O–H groups in total. The number of ether oxygens (including phenoxy) is 1. The van der Waals surface area contributed by atoms with Crippen molar-refractivity contribution in [3.05, 3.63) is 36.0 Å². The number of hydrogen-bond donors (Lipinski definition) is 2. The molecule has 0 aliphatic rings. The minimum Gasteiger partial charge on any atom is -0.494 e. The van der Waals surface area contributed by atoms with Gasteiger partial charge in [-0.25, -0.2) is 4.98 Å². The van der Waals surface area contributed by atoms with Crippen LogP contribution >= 0.6 is 0 Å². The topological polar surface area (TPSA) is 54.4 Å². The van der Waals surface area contributed by atoms with Gasteiger partial charge in [0.2, 0.25) is 0 Å². The molecule has 0 aliphatic heterocycles. The van der Waals surface area contributed by atoms with Crippen LogP contribution in [0.3, 0.4) is 0 Å². The summed E-state index contributed by atoms with van der Waals surface area (Å²) in [7, 11) is 1.66. The zero-order valence-corrected chi connectivity index (χ0v) is 11.4. The average Bonchev–Trinajstić information content (AvgIpc) is 2.46. The van der Waals surface area contributed by atoms with E-state index in [0.29, 0.717) is 6.54 Å². The van der Waals surface area contributed by atoms with Crippen LogP contribution < -0.4 is 10.1 Å². The second-order valence-corrected chi connectivity index (χ2v) is 4.75. The average molecular weight is 260 g/mol. The van der Waals surface area contributed by atoms with Crippen molar-refractivity contribution in [3.63, 3.8) is 0 Å².